The molecular formula is C23H22FN7O. The van der Waals surface area contributed by atoms with Gasteiger partial charge >= 0.3 is 0 Å². The Kier molecular flexibility index (Phi) is 5.57. The third-order valence-electron chi connectivity index (χ3n) is 5.36. The number of fused-ring (bicyclic) bond motifs is 1. The number of piperazine rings is 1. The molecule has 4 heterocycles. The zero-order valence-corrected chi connectivity index (χ0v) is 17.5. The smallest absolute Gasteiger partial charge is 0.162 e. The highest BCUT2D eigenvalue weighted by Crippen LogP contribution is 2.29. The van der Waals surface area contributed by atoms with Gasteiger partial charge in [-0.1, -0.05) is 12.1 Å². The number of methoxy groups -OCH3 is 1. The van der Waals surface area contributed by atoms with Crippen LogP contribution < -0.4 is 15.5 Å². The Balaban J connectivity index is 1.54. The number of hydrogen-bond donors (Lipinski definition) is 2. The van der Waals surface area contributed by atoms with Crippen molar-refractivity contribution in [3.05, 3.63) is 66.9 Å². The molecule has 0 bridgehead atoms. The predicted molar refractivity (Wildman–Crippen MR) is 121 cm³/mol. The third-order valence-corrected chi connectivity index (χ3v) is 5.36. The van der Waals surface area contributed by atoms with Crippen molar-refractivity contribution in [3.8, 4) is 11.4 Å². The maximum atomic E-state index is 14.1. The summed E-state index contributed by atoms with van der Waals surface area (Å²) in [5.74, 6) is 1.54. The van der Waals surface area contributed by atoms with Crippen molar-refractivity contribution in [2.45, 2.75) is 6.23 Å². The number of aromatic nitrogens is 4. The van der Waals surface area contributed by atoms with Crippen LogP contribution in [0.1, 0.15) is 0 Å². The number of ether oxygens (including phenoxy) is 1. The molecule has 5 rings (SSSR count). The molecule has 2 N–H and O–H groups in total. The van der Waals surface area contributed by atoms with Crippen LogP contribution in [0.4, 0.5) is 21.7 Å². The van der Waals surface area contributed by atoms with E-state index >= 15 is 0 Å². The number of nitrogens with one attached hydrogen (secondary N) is 2. The second kappa shape index (κ2) is 8.81. The number of rotatable bonds is 5. The lowest BCUT2D eigenvalue weighted by Crippen LogP contribution is -2.51. The second-order valence-electron chi connectivity index (χ2n) is 7.42. The molecule has 1 atom stereocenters. The summed E-state index contributed by atoms with van der Waals surface area (Å²) in [6, 6.07) is 12.0. The van der Waals surface area contributed by atoms with Crippen LogP contribution in [0.15, 0.2) is 61.1 Å². The zero-order chi connectivity index (χ0) is 21.9. The van der Waals surface area contributed by atoms with E-state index < -0.39 is 0 Å². The molecule has 4 aromatic rings. The summed E-state index contributed by atoms with van der Waals surface area (Å²) in [7, 11) is 1.69. The lowest BCUT2D eigenvalue weighted by molar-refractivity contribution is 0.0705. The van der Waals surface area contributed by atoms with Crippen LogP contribution in [0.25, 0.3) is 22.3 Å². The van der Waals surface area contributed by atoms with Crippen molar-refractivity contribution in [2.75, 3.05) is 37.0 Å². The van der Waals surface area contributed by atoms with Gasteiger partial charge in [0.25, 0.3) is 0 Å². The van der Waals surface area contributed by atoms with Crippen molar-refractivity contribution in [3.63, 3.8) is 0 Å². The Hall–Kier alpha value is -3.69. The molecular weight excluding hydrogens is 409 g/mol. The van der Waals surface area contributed by atoms with Gasteiger partial charge in [0.1, 0.15) is 23.7 Å². The van der Waals surface area contributed by atoms with Gasteiger partial charge in [0.2, 0.25) is 0 Å². The molecule has 3 aromatic heterocycles. The number of halogens is 1. The van der Waals surface area contributed by atoms with Gasteiger partial charge in [0, 0.05) is 43.5 Å². The fourth-order valence-corrected chi connectivity index (χ4v) is 3.74. The van der Waals surface area contributed by atoms with E-state index in [9.17, 15) is 4.39 Å². The Morgan fingerprint density at radius 3 is 2.94 bits per heavy atom. The van der Waals surface area contributed by atoms with Crippen LogP contribution in [-0.4, -0.2) is 52.9 Å². The quantitative estimate of drug-likeness (QED) is 0.497. The molecule has 1 fully saturated rings. The normalized spacial score (nSPS) is 16.3. The number of benzene rings is 1. The molecule has 0 aliphatic carbocycles. The summed E-state index contributed by atoms with van der Waals surface area (Å²) in [5, 5.41) is 7.28. The largest absolute Gasteiger partial charge is 0.365 e. The first kappa shape index (κ1) is 20.2. The van der Waals surface area contributed by atoms with Crippen LogP contribution in [-0.2, 0) is 4.74 Å². The van der Waals surface area contributed by atoms with Gasteiger partial charge < -0.3 is 15.0 Å². The maximum Gasteiger partial charge on any atom is 0.162 e. The minimum absolute atomic E-state index is 0.0726. The van der Waals surface area contributed by atoms with Gasteiger partial charge in [-0.05, 0) is 30.3 Å². The summed E-state index contributed by atoms with van der Waals surface area (Å²) in [5.41, 5.74) is 1.87. The van der Waals surface area contributed by atoms with E-state index in [0.717, 1.165) is 35.4 Å². The van der Waals surface area contributed by atoms with E-state index in [2.05, 4.69) is 25.5 Å². The van der Waals surface area contributed by atoms with Gasteiger partial charge in [-0.2, -0.15) is 0 Å². The van der Waals surface area contributed by atoms with Crippen molar-refractivity contribution in [1.29, 1.82) is 0 Å². The maximum absolute atomic E-state index is 14.1. The molecule has 162 valence electrons. The summed E-state index contributed by atoms with van der Waals surface area (Å²) in [4.78, 5) is 20.4. The summed E-state index contributed by atoms with van der Waals surface area (Å²) in [6.45, 7) is 2.25. The van der Waals surface area contributed by atoms with Crippen LogP contribution in [0.5, 0.6) is 0 Å². The van der Waals surface area contributed by atoms with E-state index in [-0.39, 0.29) is 12.0 Å². The SMILES string of the molecule is COC1CN(c2nc(-c3ccnc(Nc4ccccc4F)c3)nc3cnccc23)CCN1. The minimum Gasteiger partial charge on any atom is -0.365 e. The first-order valence-electron chi connectivity index (χ1n) is 10.3. The van der Waals surface area contributed by atoms with Gasteiger partial charge in [-0.3, -0.25) is 10.3 Å². The second-order valence-corrected chi connectivity index (χ2v) is 7.42. The molecule has 9 heteroatoms. The molecule has 0 saturated carbocycles. The highest BCUT2D eigenvalue weighted by molar-refractivity contribution is 5.90. The van der Waals surface area contributed by atoms with Gasteiger partial charge in [-0.25, -0.2) is 19.3 Å². The molecule has 32 heavy (non-hydrogen) atoms. The van der Waals surface area contributed by atoms with Gasteiger partial charge in [0.15, 0.2) is 5.82 Å². The van der Waals surface area contributed by atoms with Crippen LogP contribution in [0.2, 0.25) is 0 Å². The van der Waals surface area contributed by atoms with Crippen molar-refractivity contribution in [1.82, 2.24) is 25.3 Å². The lowest BCUT2D eigenvalue weighted by Gasteiger charge is -2.34. The van der Waals surface area contributed by atoms with E-state index in [4.69, 9.17) is 14.7 Å². The van der Waals surface area contributed by atoms with E-state index in [1.807, 2.05) is 18.2 Å². The molecule has 0 radical (unpaired) electrons. The highest BCUT2D eigenvalue weighted by Gasteiger charge is 2.23. The van der Waals surface area contributed by atoms with Crippen LogP contribution in [0, 0.1) is 5.82 Å². The van der Waals surface area contributed by atoms with E-state index in [1.54, 1.807) is 43.9 Å². The molecule has 0 amide bonds. The third kappa shape index (κ3) is 4.08. The highest BCUT2D eigenvalue weighted by atomic mass is 19.1. The first-order valence-corrected chi connectivity index (χ1v) is 10.3. The van der Waals surface area contributed by atoms with Crippen molar-refractivity contribution in [2.24, 2.45) is 0 Å². The summed E-state index contributed by atoms with van der Waals surface area (Å²) >= 11 is 0. The topological polar surface area (TPSA) is 88.1 Å². The monoisotopic (exact) mass is 431 g/mol. The average molecular weight is 431 g/mol. The Bertz CT molecular complexity index is 1250. The molecule has 1 aliphatic rings. The number of anilines is 3. The van der Waals surface area contributed by atoms with Crippen molar-refractivity contribution < 1.29 is 9.13 Å². The lowest BCUT2D eigenvalue weighted by atomic mass is 10.2. The Morgan fingerprint density at radius 2 is 2.06 bits per heavy atom. The van der Waals surface area contributed by atoms with E-state index in [0.29, 0.717) is 23.9 Å². The Morgan fingerprint density at radius 1 is 1.16 bits per heavy atom. The molecule has 1 aliphatic heterocycles. The first-order chi connectivity index (χ1) is 15.7. The number of nitrogens with zero attached hydrogens (tertiary/aromatic N) is 5. The molecule has 8 nitrogen and oxygen atoms in total. The number of pyridine rings is 2. The standard InChI is InChI=1S/C23H22FN7O/c1-32-21-14-31(11-10-27-21)23-16-7-8-25-13-19(16)29-22(30-23)15-6-9-26-20(12-15)28-18-5-3-2-4-17(18)24/h2-9,12-13,21,27H,10-11,14H2,1H3,(H,26,28). The van der Waals surface area contributed by atoms with Crippen molar-refractivity contribution >= 4 is 28.2 Å². The average Bonchev–Trinajstić information content (AvgIpc) is 2.85. The van der Waals surface area contributed by atoms with Crippen LogP contribution >= 0.6 is 0 Å². The summed E-state index contributed by atoms with van der Waals surface area (Å²) in [6.07, 6.45) is 5.06. The molecule has 1 saturated heterocycles. The summed E-state index contributed by atoms with van der Waals surface area (Å²) < 4.78 is 19.5. The fraction of sp³-hybridized carbons (Fsp3) is 0.217. The predicted octanol–water partition coefficient (Wildman–Crippen LogP) is 3.35. The molecule has 0 spiro atoms. The van der Waals surface area contributed by atoms with Crippen LogP contribution in [0.3, 0.4) is 0 Å². The number of hydrogen-bond acceptors (Lipinski definition) is 8. The minimum atomic E-state index is -0.346. The van der Waals surface area contributed by atoms with Gasteiger partial charge in [-0.15, -0.1) is 0 Å². The fourth-order valence-electron chi connectivity index (χ4n) is 3.74. The van der Waals surface area contributed by atoms with E-state index in [1.165, 1.54) is 6.07 Å². The zero-order valence-electron chi connectivity index (χ0n) is 17.5. The molecule has 1 unspecified atom stereocenters. The molecule has 1 aromatic carbocycles. The Labute approximate surface area is 184 Å². The van der Waals surface area contributed by atoms with Gasteiger partial charge in [0.05, 0.1) is 23.9 Å². The number of para-hydroxylation sites is 1.